The molecular formula is C21H27N5O2. The maximum absolute atomic E-state index is 13.3. The molecule has 1 aromatic carbocycles. The summed E-state index contributed by atoms with van der Waals surface area (Å²) in [6.45, 7) is 6.20. The number of fused-ring (bicyclic) bond motifs is 1. The van der Waals surface area contributed by atoms with Crippen LogP contribution >= 0.6 is 0 Å². The van der Waals surface area contributed by atoms with E-state index in [9.17, 15) is 4.79 Å². The number of carbonyl (C=O) groups is 1. The Kier molecular flexibility index (Phi) is 4.93. The van der Waals surface area contributed by atoms with Crippen molar-refractivity contribution in [3.05, 3.63) is 47.0 Å². The third kappa shape index (κ3) is 3.30. The average molecular weight is 381 g/mol. The van der Waals surface area contributed by atoms with E-state index in [0.717, 1.165) is 40.2 Å². The minimum Gasteiger partial charge on any atom is -0.381 e. The van der Waals surface area contributed by atoms with Crippen LogP contribution in [0, 0.1) is 19.8 Å². The lowest BCUT2D eigenvalue weighted by Crippen LogP contribution is -2.36. The molecule has 0 radical (unpaired) electrons. The number of rotatable bonds is 5. The summed E-state index contributed by atoms with van der Waals surface area (Å²) in [5.74, 6) is 0.937. The van der Waals surface area contributed by atoms with E-state index in [1.165, 1.54) is 0 Å². The van der Waals surface area contributed by atoms with E-state index in [1.807, 2.05) is 55.7 Å². The molecule has 1 aliphatic heterocycles. The van der Waals surface area contributed by atoms with Crippen molar-refractivity contribution in [1.29, 1.82) is 0 Å². The molecule has 4 rings (SSSR count). The van der Waals surface area contributed by atoms with Gasteiger partial charge in [0.2, 0.25) is 5.91 Å². The highest BCUT2D eigenvalue weighted by atomic mass is 16.5. The summed E-state index contributed by atoms with van der Waals surface area (Å²) < 4.78 is 9.42. The van der Waals surface area contributed by atoms with E-state index in [2.05, 4.69) is 15.7 Å². The number of carbonyl (C=O) groups excluding carboxylic acids is 1. The van der Waals surface area contributed by atoms with Crippen LogP contribution in [0.1, 0.15) is 29.2 Å². The molecular weight excluding hydrogens is 354 g/mol. The van der Waals surface area contributed by atoms with Gasteiger partial charge in [-0.15, -0.1) is 0 Å². The van der Waals surface area contributed by atoms with Crippen molar-refractivity contribution in [3.8, 4) is 0 Å². The zero-order chi connectivity index (χ0) is 19.8. The summed E-state index contributed by atoms with van der Waals surface area (Å²) in [5, 5.41) is 4.51. The van der Waals surface area contributed by atoms with Crippen LogP contribution in [0.25, 0.3) is 11.0 Å². The molecule has 1 aliphatic rings. The van der Waals surface area contributed by atoms with Crippen molar-refractivity contribution in [3.63, 3.8) is 0 Å². The maximum Gasteiger partial charge on any atom is 0.228 e. The van der Waals surface area contributed by atoms with Gasteiger partial charge < -0.3 is 14.2 Å². The third-order valence-electron chi connectivity index (χ3n) is 5.81. The van der Waals surface area contributed by atoms with Crippen LogP contribution < -0.4 is 0 Å². The molecule has 0 bridgehead atoms. The minimum atomic E-state index is -0.0769. The number of nitrogens with zero attached hydrogens (tertiary/aromatic N) is 5. The summed E-state index contributed by atoms with van der Waals surface area (Å²) in [4.78, 5) is 20.0. The fourth-order valence-corrected chi connectivity index (χ4v) is 3.94. The summed E-state index contributed by atoms with van der Waals surface area (Å²) in [7, 11) is 3.95. The Balaban J connectivity index is 1.67. The van der Waals surface area contributed by atoms with Crippen molar-refractivity contribution in [2.75, 3.05) is 13.2 Å². The van der Waals surface area contributed by atoms with E-state index >= 15 is 0 Å². The number of aryl methyl sites for hydroxylation is 3. The Bertz CT molecular complexity index is 1010. The molecule has 0 saturated carbocycles. The van der Waals surface area contributed by atoms with Gasteiger partial charge in [-0.2, -0.15) is 5.10 Å². The number of aromatic nitrogens is 4. The second-order valence-electron chi connectivity index (χ2n) is 7.60. The number of amides is 1. The highest BCUT2D eigenvalue weighted by Gasteiger charge is 2.30. The van der Waals surface area contributed by atoms with E-state index in [-0.39, 0.29) is 11.8 Å². The molecule has 1 amide bonds. The van der Waals surface area contributed by atoms with Gasteiger partial charge >= 0.3 is 0 Å². The Morgan fingerprint density at radius 3 is 2.68 bits per heavy atom. The molecule has 0 N–H and O–H groups in total. The van der Waals surface area contributed by atoms with Crippen molar-refractivity contribution < 1.29 is 9.53 Å². The molecule has 3 aromatic rings. The van der Waals surface area contributed by atoms with Crippen LogP contribution in [0.2, 0.25) is 0 Å². The van der Waals surface area contributed by atoms with Gasteiger partial charge in [0.15, 0.2) is 0 Å². The van der Waals surface area contributed by atoms with Crippen LogP contribution in [0.5, 0.6) is 0 Å². The van der Waals surface area contributed by atoms with Crippen molar-refractivity contribution in [2.24, 2.45) is 20.0 Å². The number of hydrogen-bond acceptors (Lipinski definition) is 4. The SMILES string of the molecule is Cc1nn(C)c(C)c1CN(Cc1nc2ccccc2n1C)C(=O)C1CCOC1. The smallest absolute Gasteiger partial charge is 0.228 e. The van der Waals surface area contributed by atoms with E-state index in [4.69, 9.17) is 9.72 Å². The van der Waals surface area contributed by atoms with Crippen LogP contribution in [-0.2, 0) is 36.7 Å². The van der Waals surface area contributed by atoms with E-state index in [1.54, 1.807) is 0 Å². The Morgan fingerprint density at radius 1 is 1.25 bits per heavy atom. The number of benzene rings is 1. The first-order valence-electron chi connectivity index (χ1n) is 9.71. The fraction of sp³-hybridized carbons (Fsp3) is 0.476. The van der Waals surface area contributed by atoms with Crippen LogP contribution in [-0.4, -0.2) is 43.4 Å². The lowest BCUT2D eigenvalue weighted by Gasteiger charge is -2.25. The molecule has 7 heteroatoms. The molecule has 2 aromatic heterocycles. The number of hydrogen-bond donors (Lipinski definition) is 0. The first-order valence-corrected chi connectivity index (χ1v) is 9.71. The second-order valence-corrected chi connectivity index (χ2v) is 7.60. The van der Waals surface area contributed by atoms with Crippen molar-refractivity contribution >= 4 is 16.9 Å². The third-order valence-corrected chi connectivity index (χ3v) is 5.81. The average Bonchev–Trinajstić information content (AvgIpc) is 3.38. The molecule has 1 unspecified atom stereocenters. The van der Waals surface area contributed by atoms with Crippen LogP contribution in [0.3, 0.4) is 0 Å². The van der Waals surface area contributed by atoms with Gasteiger partial charge in [0, 0.05) is 38.5 Å². The van der Waals surface area contributed by atoms with Gasteiger partial charge in [-0.05, 0) is 32.4 Å². The lowest BCUT2D eigenvalue weighted by molar-refractivity contribution is -0.137. The van der Waals surface area contributed by atoms with Crippen LogP contribution in [0.15, 0.2) is 24.3 Å². The van der Waals surface area contributed by atoms with Gasteiger partial charge in [0.05, 0.1) is 35.8 Å². The minimum absolute atomic E-state index is 0.0769. The number of imidazole rings is 1. The molecule has 1 atom stereocenters. The van der Waals surface area contributed by atoms with Gasteiger partial charge in [0.25, 0.3) is 0 Å². The molecule has 1 saturated heterocycles. The lowest BCUT2D eigenvalue weighted by atomic mass is 10.1. The molecule has 28 heavy (non-hydrogen) atoms. The molecule has 7 nitrogen and oxygen atoms in total. The normalized spacial score (nSPS) is 16.8. The molecule has 0 aliphatic carbocycles. The predicted molar refractivity (Wildman–Crippen MR) is 107 cm³/mol. The second kappa shape index (κ2) is 7.39. The van der Waals surface area contributed by atoms with E-state index in [0.29, 0.717) is 26.3 Å². The summed E-state index contributed by atoms with van der Waals surface area (Å²) >= 11 is 0. The molecule has 1 fully saturated rings. The summed E-state index contributed by atoms with van der Waals surface area (Å²) in [6, 6.07) is 8.05. The first-order chi connectivity index (χ1) is 13.5. The Hall–Kier alpha value is -2.67. The zero-order valence-corrected chi connectivity index (χ0v) is 17.0. The Morgan fingerprint density at radius 2 is 2.04 bits per heavy atom. The van der Waals surface area contributed by atoms with Gasteiger partial charge in [-0.25, -0.2) is 4.98 Å². The first kappa shape index (κ1) is 18.7. The monoisotopic (exact) mass is 381 g/mol. The highest BCUT2D eigenvalue weighted by molar-refractivity contribution is 5.80. The van der Waals surface area contributed by atoms with Crippen LogP contribution in [0.4, 0.5) is 0 Å². The standard InChI is InChI=1S/C21H27N5O2/c1-14-17(15(2)25(4)23-14)11-26(21(27)16-9-10-28-13-16)12-20-22-18-7-5-6-8-19(18)24(20)3/h5-8,16H,9-13H2,1-4H3. The quantitative estimate of drug-likeness (QED) is 0.681. The summed E-state index contributed by atoms with van der Waals surface area (Å²) in [6.07, 6.45) is 0.781. The molecule has 3 heterocycles. The fourth-order valence-electron chi connectivity index (χ4n) is 3.94. The molecule has 0 spiro atoms. The predicted octanol–water partition coefficient (Wildman–Crippen LogP) is 2.49. The van der Waals surface area contributed by atoms with E-state index < -0.39 is 0 Å². The molecule has 148 valence electrons. The largest absolute Gasteiger partial charge is 0.381 e. The zero-order valence-electron chi connectivity index (χ0n) is 17.0. The van der Waals surface area contributed by atoms with Gasteiger partial charge in [0.1, 0.15) is 5.82 Å². The van der Waals surface area contributed by atoms with Crippen molar-refractivity contribution in [1.82, 2.24) is 24.2 Å². The Labute approximate surface area is 164 Å². The topological polar surface area (TPSA) is 65.2 Å². The van der Waals surface area contributed by atoms with Crippen molar-refractivity contribution in [2.45, 2.75) is 33.4 Å². The highest BCUT2D eigenvalue weighted by Crippen LogP contribution is 2.23. The number of para-hydroxylation sites is 2. The number of ether oxygens (including phenoxy) is 1. The van der Waals surface area contributed by atoms with Gasteiger partial charge in [-0.3, -0.25) is 9.48 Å². The summed E-state index contributed by atoms with van der Waals surface area (Å²) in [5.41, 5.74) is 5.18. The van der Waals surface area contributed by atoms with Gasteiger partial charge in [-0.1, -0.05) is 12.1 Å². The maximum atomic E-state index is 13.3.